The Kier molecular flexibility index (Phi) is 2.94. The van der Waals surface area contributed by atoms with Crippen molar-refractivity contribution in [1.82, 2.24) is 0 Å². The predicted molar refractivity (Wildman–Crippen MR) is 65.5 cm³/mol. The van der Waals surface area contributed by atoms with Crippen LogP contribution in [-0.4, -0.2) is 0 Å². The molecule has 0 bridgehead atoms. The molecule has 0 amide bonds. The molecule has 0 aliphatic heterocycles. The zero-order chi connectivity index (χ0) is 9.97. The summed E-state index contributed by atoms with van der Waals surface area (Å²) in [5, 5.41) is 2.12. The van der Waals surface area contributed by atoms with Crippen LogP contribution in [0, 0.1) is 0 Å². The summed E-state index contributed by atoms with van der Waals surface area (Å²) in [4.78, 5) is 2.47. The quantitative estimate of drug-likeness (QED) is 0.721. The molecule has 0 aliphatic rings. The Bertz CT molecular complexity index is 404. The maximum atomic E-state index is 4.47. The molecule has 0 fully saturated rings. The fourth-order valence-electron chi connectivity index (χ4n) is 1.54. The van der Waals surface area contributed by atoms with Crippen LogP contribution in [0.4, 0.5) is 0 Å². The first-order chi connectivity index (χ1) is 6.79. The van der Waals surface area contributed by atoms with E-state index in [-0.39, 0.29) is 0 Å². The minimum atomic E-state index is 0.448. The Morgan fingerprint density at radius 2 is 1.93 bits per heavy atom. The van der Waals surface area contributed by atoms with E-state index in [2.05, 4.69) is 49.2 Å². The number of thiophene rings is 1. The first-order valence-electron chi connectivity index (χ1n) is 4.60. The lowest BCUT2D eigenvalue weighted by molar-refractivity contribution is 0.918. The highest BCUT2D eigenvalue weighted by Gasteiger charge is 2.10. The molecular formula is C12H12S2. The molecule has 2 heteroatoms. The monoisotopic (exact) mass is 220 g/mol. The topological polar surface area (TPSA) is 0 Å². The molecule has 1 aromatic heterocycles. The summed E-state index contributed by atoms with van der Waals surface area (Å²) in [6.45, 7) is 2.22. The van der Waals surface area contributed by atoms with Gasteiger partial charge in [0, 0.05) is 15.7 Å². The van der Waals surface area contributed by atoms with Crippen LogP contribution in [0.5, 0.6) is 0 Å². The van der Waals surface area contributed by atoms with Gasteiger partial charge in [0.05, 0.1) is 0 Å². The van der Waals surface area contributed by atoms with Crippen molar-refractivity contribution >= 4 is 24.0 Å². The summed E-state index contributed by atoms with van der Waals surface area (Å²) in [6, 6.07) is 12.6. The lowest BCUT2D eigenvalue weighted by atomic mass is 10.00. The van der Waals surface area contributed by atoms with Crippen molar-refractivity contribution in [3.8, 4) is 0 Å². The molecule has 2 aromatic rings. The number of benzene rings is 1. The van der Waals surface area contributed by atoms with E-state index in [1.807, 2.05) is 12.1 Å². The second-order valence-corrected chi connectivity index (χ2v) is 4.76. The average Bonchev–Trinajstić information content (AvgIpc) is 2.70. The molecule has 0 aliphatic carbocycles. The van der Waals surface area contributed by atoms with Crippen LogP contribution in [-0.2, 0) is 0 Å². The molecule has 1 unspecified atom stereocenters. The molecule has 2 rings (SSSR count). The van der Waals surface area contributed by atoms with Crippen molar-refractivity contribution in [2.45, 2.75) is 17.7 Å². The zero-order valence-corrected chi connectivity index (χ0v) is 9.69. The molecular weight excluding hydrogens is 208 g/mol. The first-order valence-corrected chi connectivity index (χ1v) is 5.93. The van der Waals surface area contributed by atoms with Crippen molar-refractivity contribution in [3.63, 3.8) is 0 Å². The molecule has 0 spiro atoms. The molecule has 72 valence electrons. The Morgan fingerprint density at radius 1 is 1.14 bits per heavy atom. The predicted octanol–water partition coefficient (Wildman–Crippen LogP) is 4.19. The van der Waals surface area contributed by atoms with Crippen LogP contribution < -0.4 is 0 Å². The Morgan fingerprint density at radius 3 is 2.57 bits per heavy atom. The fourth-order valence-corrected chi connectivity index (χ4v) is 2.70. The van der Waals surface area contributed by atoms with E-state index in [9.17, 15) is 0 Å². The third kappa shape index (κ3) is 1.86. The fraction of sp³-hybridized carbons (Fsp3) is 0.167. The van der Waals surface area contributed by atoms with Gasteiger partial charge in [-0.05, 0) is 23.1 Å². The smallest absolute Gasteiger partial charge is 0.0166 e. The lowest BCUT2D eigenvalue weighted by Crippen LogP contribution is -1.93. The van der Waals surface area contributed by atoms with Gasteiger partial charge in [0.15, 0.2) is 0 Å². The average molecular weight is 220 g/mol. The van der Waals surface area contributed by atoms with E-state index in [1.54, 1.807) is 11.3 Å². The van der Waals surface area contributed by atoms with Gasteiger partial charge in [-0.15, -0.1) is 24.0 Å². The minimum Gasteiger partial charge on any atom is -0.148 e. The summed E-state index contributed by atoms with van der Waals surface area (Å²) in [7, 11) is 0. The highest BCUT2D eigenvalue weighted by molar-refractivity contribution is 7.80. The van der Waals surface area contributed by atoms with Crippen LogP contribution >= 0.6 is 24.0 Å². The molecule has 1 atom stereocenters. The van der Waals surface area contributed by atoms with Gasteiger partial charge in [0.25, 0.3) is 0 Å². The number of hydrogen-bond donors (Lipinski definition) is 1. The van der Waals surface area contributed by atoms with Gasteiger partial charge in [0.1, 0.15) is 0 Å². The van der Waals surface area contributed by atoms with E-state index in [1.165, 1.54) is 10.4 Å². The minimum absolute atomic E-state index is 0.448. The molecule has 14 heavy (non-hydrogen) atoms. The Hall–Kier alpha value is -0.730. The number of hydrogen-bond acceptors (Lipinski definition) is 2. The van der Waals surface area contributed by atoms with Crippen molar-refractivity contribution in [1.29, 1.82) is 0 Å². The standard InChI is InChI=1S/C12H12S2/c1-9(12-7-4-8-14-12)10-5-2-3-6-11(10)13/h2-9,13H,1H3. The largest absolute Gasteiger partial charge is 0.148 e. The van der Waals surface area contributed by atoms with Gasteiger partial charge in [-0.1, -0.05) is 31.2 Å². The highest BCUT2D eigenvalue weighted by atomic mass is 32.1. The summed E-state index contributed by atoms with van der Waals surface area (Å²) in [5.41, 5.74) is 1.30. The number of thiol groups is 1. The number of rotatable bonds is 2. The second kappa shape index (κ2) is 4.20. The maximum absolute atomic E-state index is 4.47. The Labute approximate surface area is 94.0 Å². The van der Waals surface area contributed by atoms with Crippen molar-refractivity contribution < 1.29 is 0 Å². The summed E-state index contributed by atoms with van der Waals surface area (Å²) in [6.07, 6.45) is 0. The van der Waals surface area contributed by atoms with Crippen LogP contribution in [0.2, 0.25) is 0 Å². The first kappa shape index (κ1) is 9.81. The van der Waals surface area contributed by atoms with E-state index in [4.69, 9.17) is 0 Å². The van der Waals surface area contributed by atoms with Crippen LogP contribution in [0.15, 0.2) is 46.7 Å². The molecule has 0 saturated heterocycles. The van der Waals surface area contributed by atoms with Gasteiger partial charge < -0.3 is 0 Å². The second-order valence-electron chi connectivity index (χ2n) is 3.30. The summed E-state index contributed by atoms with van der Waals surface area (Å²) >= 11 is 6.27. The van der Waals surface area contributed by atoms with Crippen molar-refractivity contribution in [2.24, 2.45) is 0 Å². The van der Waals surface area contributed by atoms with E-state index in [0.717, 1.165) is 4.90 Å². The third-order valence-electron chi connectivity index (χ3n) is 2.37. The van der Waals surface area contributed by atoms with Crippen molar-refractivity contribution in [3.05, 3.63) is 52.2 Å². The van der Waals surface area contributed by atoms with Gasteiger partial charge in [-0.25, -0.2) is 0 Å². The zero-order valence-electron chi connectivity index (χ0n) is 7.97. The van der Waals surface area contributed by atoms with Crippen LogP contribution in [0.3, 0.4) is 0 Å². The lowest BCUT2D eigenvalue weighted by Gasteiger charge is -2.11. The summed E-state index contributed by atoms with van der Waals surface area (Å²) < 4.78 is 0. The van der Waals surface area contributed by atoms with E-state index < -0.39 is 0 Å². The van der Waals surface area contributed by atoms with Gasteiger partial charge in [-0.3, -0.25) is 0 Å². The molecule has 1 aromatic carbocycles. The maximum Gasteiger partial charge on any atom is 0.0166 e. The molecule has 0 N–H and O–H groups in total. The van der Waals surface area contributed by atoms with Crippen LogP contribution in [0.1, 0.15) is 23.3 Å². The molecule has 0 radical (unpaired) electrons. The van der Waals surface area contributed by atoms with E-state index >= 15 is 0 Å². The SMILES string of the molecule is CC(c1cccs1)c1ccccc1S. The molecule has 0 saturated carbocycles. The normalized spacial score (nSPS) is 12.7. The van der Waals surface area contributed by atoms with E-state index in [0.29, 0.717) is 5.92 Å². The third-order valence-corrected chi connectivity index (χ3v) is 3.84. The summed E-state index contributed by atoms with van der Waals surface area (Å²) in [5.74, 6) is 0.448. The molecule has 0 nitrogen and oxygen atoms in total. The van der Waals surface area contributed by atoms with Crippen molar-refractivity contribution in [2.75, 3.05) is 0 Å². The Balaban J connectivity index is 2.37. The van der Waals surface area contributed by atoms with Gasteiger partial charge in [0.2, 0.25) is 0 Å². The van der Waals surface area contributed by atoms with Gasteiger partial charge >= 0.3 is 0 Å². The highest BCUT2D eigenvalue weighted by Crippen LogP contribution is 2.31. The van der Waals surface area contributed by atoms with Crippen LogP contribution in [0.25, 0.3) is 0 Å². The van der Waals surface area contributed by atoms with Gasteiger partial charge in [-0.2, -0.15) is 0 Å². The molecule has 1 heterocycles.